The van der Waals surface area contributed by atoms with E-state index >= 15 is 0 Å². The van der Waals surface area contributed by atoms with Crippen molar-refractivity contribution in [2.24, 2.45) is 0 Å². The molecule has 1 fully saturated rings. The lowest BCUT2D eigenvalue weighted by Gasteiger charge is -2.26. The number of rotatable bonds is 9. The minimum absolute atomic E-state index is 0.115. The average molecular weight is 383 g/mol. The molecule has 0 unspecified atom stereocenters. The van der Waals surface area contributed by atoms with Crippen molar-refractivity contribution in [3.63, 3.8) is 0 Å². The van der Waals surface area contributed by atoms with E-state index in [0.29, 0.717) is 0 Å². The molecule has 1 heterocycles. The first kappa shape index (κ1) is 20.7. The molecule has 28 heavy (non-hydrogen) atoms. The van der Waals surface area contributed by atoms with Gasteiger partial charge in [-0.25, -0.2) is 0 Å². The minimum Gasteiger partial charge on any atom is -0.494 e. The van der Waals surface area contributed by atoms with E-state index in [1.165, 1.54) is 32.4 Å². The van der Waals surface area contributed by atoms with Gasteiger partial charge >= 0.3 is 0 Å². The monoisotopic (exact) mass is 382 g/mol. The van der Waals surface area contributed by atoms with Gasteiger partial charge in [0.25, 0.3) is 5.91 Å². The zero-order chi connectivity index (χ0) is 19.8. The Morgan fingerprint density at radius 3 is 2.54 bits per heavy atom. The second kappa shape index (κ2) is 10.5. The predicted octanol–water partition coefficient (Wildman–Crippen LogP) is 4.97. The quantitative estimate of drug-likeness (QED) is 0.574. The van der Waals surface area contributed by atoms with Crippen LogP contribution in [0.15, 0.2) is 36.4 Å². The van der Waals surface area contributed by atoms with E-state index in [4.69, 9.17) is 4.74 Å². The summed E-state index contributed by atoms with van der Waals surface area (Å²) in [5.41, 5.74) is 0.762. The van der Waals surface area contributed by atoms with Crippen molar-refractivity contribution in [2.45, 2.75) is 46.0 Å². The summed E-state index contributed by atoms with van der Waals surface area (Å²) >= 11 is 0. The van der Waals surface area contributed by atoms with Gasteiger partial charge in [-0.1, -0.05) is 25.5 Å². The molecule has 0 aromatic heterocycles. The Balaban J connectivity index is 1.57. The van der Waals surface area contributed by atoms with Crippen molar-refractivity contribution in [1.82, 2.24) is 9.80 Å². The molecule has 0 atom stereocenters. The molecule has 1 aliphatic heterocycles. The molecule has 4 heteroatoms. The van der Waals surface area contributed by atoms with Crippen LogP contribution >= 0.6 is 0 Å². The third-order valence-corrected chi connectivity index (χ3v) is 5.56. The maximum Gasteiger partial charge on any atom is 0.253 e. The van der Waals surface area contributed by atoms with Crippen molar-refractivity contribution in [3.05, 3.63) is 42.0 Å². The first-order chi connectivity index (χ1) is 13.7. The lowest BCUT2D eigenvalue weighted by Crippen LogP contribution is -2.31. The van der Waals surface area contributed by atoms with E-state index in [-0.39, 0.29) is 5.91 Å². The number of carbonyl (C=O) groups is 1. The number of hydrogen-bond acceptors (Lipinski definition) is 3. The average Bonchev–Trinajstić information content (AvgIpc) is 2.75. The highest BCUT2D eigenvalue weighted by Gasteiger charge is 2.14. The fourth-order valence-electron chi connectivity index (χ4n) is 3.96. The number of benzene rings is 2. The van der Waals surface area contributed by atoms with E-state index < -0.39 is 0 Å². The molecule has 3 rings (SSSR count). The van der Waals surface area contributed by atoms with Crippen LogP contribution in [0.5, 0.6) is 5.75 Å². The second-order valence-corrected chi connectivity index (χ2v) is 7.71. The Kier molecular flexibility index (Phi) is 7.72. The van der Waals surface area contributed by atoms with E-state index in [1.54, 1.807) is 0 Å². The summed E-state index contributed by atoms with van der Waals surface area (Å²) in [6, 6.07) is 12.1. The van der Waals surface area contributed by atoms with E-state index in [2.05, 4.69) is 24.0 Å². The third-order valence-electron chi connectivity index (χ3n) is 5.56. The lowest BCUT2D eigenvalue weighted by molar-refractivity contribution is 0.0764. The number of nitrogens with zero attached hydrogens (tertiary/aromatic N) is 2. The first-order valence-electron chi connectivity index (χ1n) is 10.9. The van der Waals surface area contributed by atoms with E-state index in [1.807, 2.05) is 36.1 Å². The molecule has 0 radical (unpaired) electrons. The van der Waals surface area contributed by atoms with Gasteiger partial charge < -0.3 is 14.5 Å². The van der Waals surface area contributed by atoms with Gasteiger partial charge in [0, 0.05) is 25.2 Å². The standard InChI is InChI=1S/C24H34N2O2/c1-3-13-26(4-2)24(27)22-10-9-21-19-23(12-11-20(21)18-22)28-17-8-16-25-14-6-5-7-15-25/h9-12,18-19H,3-8,13-17H2,1-2H3. The highest BCUT2D eigenvalue weighted by molar-refractivity contribution is 5.98. The zero-order valence-corrected chi connectivity index (χ0v) is 17.5. The van der Waals surface area contributed by atoms with Gasteiger partial charge in [-0.3, -0.25) is 4.79 Å². The van der Waals surface area contributed by atoms with Gasteiger partial charge in [-0.15, -0.1) is 0 Å². The molecule has 0 N–H and O–H groups in total. The van der Waals surface area contributed by atoms with Gasteiger partial charge in [0.2, 0.25) is 0 Å². The van der Waals surface area contributed by atoms with Crippen LogP contribution in [0, 0.1) is 0 Å². The van der Waals surface area contributed by atoms with Crippen LogP contribution in [-0.2, 0) is 0 Å². The molecule has 0 bridgehead atoms. The number of ether oxygens (including phenoxy) is 1. The van der Waals surface area contributed by atoms with Crippen LogP contribution in [0.3, 0.4) is 0 Å². The molecule has 1 aliphatic rings. The Morgan fingerprint density at radius 2 is 1.79 bits per heavy atom. The summed E-state index contributed by atoms with van der Waals surface area (Å²) in [5.74, 6) is 1.02. The van der Waals surface area contributed by atoms with Crippen LogP contribution < -0.4 is 4.74 Å². The van der Waals surface area contributed by atoms with Crippen LogP contribution in [0.2, 0.25) is 0 Å². The smallest absolute Gasteiger partial charge is 0.253 e. The molecule has 1 amide bonds. The molecule has 2 aromatic rings. The number of hydrogen-bond donors (Lipinski definition) is 0. The number of carbonyl (C=O) groups excluding carboxylic acids is 1. The topological polar surface area (TPSA) is 32.8 Å². The van der Waals surface area contributed by atoms with Crippen molar-refractivity contribution in [1.29, 1.82) is 0 Å². The first-order valence-corrected chi connectivity index (χ1v) is 10.9. The maximum absolute atomic E-state index is 12.7. The SMILES string of the molecule is CCCN(CC)C(=O)c1ccc2cc(OCCCN3CCCCC3)ccc2c1. The normalized spacial score (nSPS) is 14.9. The molecule has 152 valence electrons. The Hall–Kier alpha value is -2.07. The summed E-state index contributed by atoms with van der Waals surface area (Å²) in [4.78, 5) is 17.1. The Labute approximate surface area is 169 Å². The highest BCUT2D eigenvalue weighted by Crippen LogP contribution is 2.23. The maximum atomic E-state index is 12.7. The molecule has 1 saturated heterocycles. The number of likely N-dealkylation sites (tertiary alicyclic amines) is 1. The zero-order valence-electron chi connectivity index (χ0n) is 17.5. The fraction of sp³-hybridized carbons (Fsp3) is 0.542. The van der Waals surface area contributed by atoms with Crippen molar-refractivity contribution in [3.8, 4) is 5.75 Å². The summed E-state index contributed by atoms with van der Waals surface area (Å²) in [6.45, 7) is 10.0. The summed E-state index contributed by atoms with van der Waals surface area (Å²) in [7, 11) is 0. The van der Waals surface area contributed by atoms with Gasteiger partial charge in [-0.05, 0) is 80.7 Å². The lowest BCUT2D eigenvalue weighted by atomic mass is 10.1. The summed E-state index contributed by atoms with van der Waals surface area (Å²) < 4.78 is 5.97. The minimum atomic E-state index is 0.115. The summed E-state index contributed by atoms with van der Waals surface area (Å²) in [6.07, 6.45) is 6.10. The van der Waals surface area contributed by atoms with Crippen LogP contribution in [0.1, 0.15) is 56.3 Å². The molecule has 4 nitrogen and oxygen atoms in total. The number of fused-ring (bicyclic) bond motifs is 1. The molecular formula is C24H34N2O2. The van der Waals surface area contributed by atoms with E-state index in [9.17, 15) is 4.79 Å². The van der Waals surface area contributed by atoms with Crippen molar-refractivity contribution in [2.75, 3.05) is 39.3 Å². The second-order valence-electron chi connectivity index (χ2n) is 7.71. The van der Waals surface area contributed by atoms with Crippen molar-refractivity contribution >= 4 is 16.7 Å². The Bertz CT molecular complexity index is 768. The van der Waals surface area contributed by atoms with Crippen LogP contribution in [0.25, 0.3) is 10.8 Å². The van der Waals surface area contributed by atoms with Gasteiger partial charge in [0.1, 0.15) is 5.75 Å². The molecule has 0 spiro atoms. The van der Waals surface area contributed by atoms with Crippen LogP contribution in [-0.4, -0.2) is 55.0 Å². The van der Waals surface area contributed by atoms with Gasteiger partial charge in [0.15, 0.2) is 0 Å². The fourth-order valence-corrected chi connectivity index (χ4v) is 3.96. The molecule has 0 saturated carbocycles. The van der Waals surface area contributed by atoms with Crippen LogP contribution in [0.4, 0.5) is 0 Å². The summed E-state index contributed by atoms with van der Waals surface area (Å²) in [5, 5.41) is 2.20. The number of amides is 1. The highest BCUT2D eigenvalue weighted by atomic mass is 16.5. The molecular weight excluding hydrogens is 348 g/mol. The van der Waals surface area contributed by atoms with Gasteiger partial charge in [0.05, 0.1) is 6.61 Å². The number of piperidine rings is 1. The Morgan fingerprint density at radius 1 is 1.04 bits per heavy atom. The largest absolute Gasteiger partial charge is 0.494 e. The van der Waals surface area contributed by atoms with Crippen molar-refractivity contribution < 1.29 is 9.53 Å². The molecule has 2 aromatic carbocycles. The van der Waals surface area contributed by atoms with E-state index in [0.717, 1.165) is 61.2 Å². The third kappa shape index (κ3) is 5.48. The molecule has 0 aliphatic carbocycles. The van der Waals surface area contributed by atoms with Gasteiger partial charge in [-0.2, -0.15) is 0 Å². The predicted molar refractivity (Wildman–Crippen MR) is 116 cm³/mol.